The fraction of sp³-hybridized carbons (Fsp3) is 0.571. The number of rotatable bonds is 7. The first-order chi connectivity index (χ1) is 8.56. The van der Waals surface area contributed by atoms with Crippen LogP contribution in [-0.2, 0) is 11.2 Å². The summed E-state index contributed by atoms with van der Waals surface area (Å²) in [5.74, 6) is 6.46. The first kappa shape index (κ1) is 15.0. The summed E-state index contributed by atoms with van der Waals surface area (Å²) in [4.78, 5) is 0. The highest BCUT2D eigenvalue weighted by molar-refractivity contribution is 5.37. The van der Waals surface area contributed by atoms with Gasteiger partial charge in [-0.3, -0.25) is 11.3 Å². The van der Waals surface area contributed by atoms with Gasteiger partial charge in [0.15, 0.2) is 0 Å². The lowest BCUT2D eigenvalue weighted by Gasteiger charge is -2.19. The lowest BCUT2D eigenvalue weighted by atomic mass is 10.0. The van der Waals surface area contributed by atoms with Crippen molar-refractivity contribution in [3.05, 3.63) is 29.3 Å². The second kappa shape index (κ2) is 7.36. The van der Waals surface area contributed by atoms with Crippen LogP contribution in [0.15, 0.2) is 18.2 Å². The number of hydrogen-bond acceptors (Lipinski definition) is 4. The lowest BCUT2D eigenvalue weighted by molar-refractivity contribution is 0.0612. The van der Waals surface area contributed by atoms with E-state index in [1.54, 1.807) is 7.11 Å². The van der Waals surface area contributed by atoms with Gasteiger partial charge in [0.1, 0.15) is 5.75 Å². The zero-order valence-corrected chi connectivity index (χ0v) is 11.7. The van der Waals surface area contributed by atoms with Gasteiger partial charge in [-0.2, -0.15) is 0 Å². The smallest absolute Gasteiger partial charge is 0.122 e. The lowest BCUT2D eigenvalue weighted by Crippen LogP contribution is -2.41. The van der Waals surface area contributed by atoms with E-state index in [1.165, 1.54) is 5.56 Å². The van der Waals surface area contributed by atoms with Gasteiger partial charge >= 0.3 is 0 Å². The molecule has 4 heteroatoms. The summed E-state index contributed by atoms with van der Waals surface area (Å²) in [7, 11) is 1.68. The quantitative estimate of drug-likeness (QED) is 0.574. The molecule has 0 spiro atoms. The molecule has 0 aromatic heterocycles. The van der Waals surface area contributed by atoms with Crippen molar-refractivity contribution >= 4 is 0 Å². The van der Waals surface area contributed by atoms with E-state index < -0.39 is 0 Å². The Labute approximate surface area is 109 Å². The number of methoxy groups -OCH3 is 1. The normalized spacial score (nSPS) is 12.8. The monoisotopic (exact) mass is 252 g/mol. The van der Waals surface area contributed by atoms with E-state index in [9.17, 15) is 0 Å². The van der Waals surface area contributed by atoms with Crippen LogP contribution in [-0.4, -0.2) is 25.9 Å². The van der Waals surface area contributed by atoms with Gasteiger partial charge in [0.05, 0.1) is 19.8 Å². The first-order valence-corrected chi connectivity index (χ1v) is 6.28. The van der Waals surface area contributed by atoms with Crippen LogP contribution in [0.5, 0.6) is 5.75 Å². The Morgan fingerprint density at radius 2 is 2.06 bits per heavy atom. The SMILES string of the molecule is COc1ccc(C)cc1CC(COC(C)C)NN. The molecule has 0 amide bonds. The van der Waals surface area contributed by atoms with E-state index in [0.717, 1.165) is 17.7 Å². The Morgan fingerprint density at radius 3 is 2.61 bits per heavy atom. The minimum Gasteiger partial charge on any atom is -0.496 e. The topological polar surface area (TPSA) is 56.5 Å². The van der Waals surface area contributed by atoms with Gasteiger partial charge in [0, 0.05) is 6.04 Å². The van der Waals surface area contributed by atoms with Crippen LogP contribution in [0, 0.1) is 6.92 Å². The number of nitrogens with one attached hydrogen (secondary N) is 1. The highest BCUT2D eigenvalue weighted by atomic mass is 16.5. The predicted molar refractivity (Wildman–Crippen MR) is 73.6 cm³/mol. The summed E-state index contributed by atoms with van der Waals surface area (Å²) in [6.45, 7) is 6.69. The number of benzene rings is 1. The zero-order valence-electron chi connectivity index (χ0n) is 11.7. The number of nitrogens with two attached hydrogens (primary N) is 1. The Bertz CT molecular complexity index is 367. The molecule has 0 fully saturated rings. The molecule has 0 bridgehead atoms. The van der Waals surface area contributed by atoms with Crippen LogP contribution in [0.3, 0.4) is 0 Å². The summed E-state index contributed by atoms with van der Waals surface area (Å²) in [6, 6.07) is 6.24. The summed E-state index contributed by atoms with van der Waals surface area (Å²) >= 11 is 0. The third-order valence-corrected chi connectivity index (χ3v) is 2.77. The van der Waals surface area contributed by atoms with E-state index in [0.29, 0.717) is 6.61 Å². The minimum absolute atomic E-state index is 0.0862. The average Bonchev–Trinajstić information content (AvgIpc) is 2.34. The van der Waals surface area contributed by atoms with Gasteiger partial charge in [0.2, 0.25) is 0 Å². The maximum Gasteiger partial charge on any atom is 0.122 e. The van der Waals surface area contributed by atoms with Crippen molar-refractivity contribution in [2.75, 3.05) is 13.7 Å². The molecule has 0 heterocycles. The van der Waals surface area contributed by atoms with Gasteiger partial charge in [-0.25, -0.2) is 0 Å². The van der Waals surface area contributed by atoms with E-state index in [1.807, 2.05) is 26.0 Å². The average molecular weight is 252 g/mol. The summed E-state index contributed by atoms with van der Waals surface area (Å²) in [5.41, 5.74) is 5.16. The molecule has 0 aliphatic rings. The summed E-state index contributed by atoms with van der Waals surface area (Å²) < 4.78 is 10.9. The molecular weight excluding hydrogens is 228 g/mol. The third-order valence-electron chi connectivity index (χ3n) is 2.77. The van der Waals surface area contributed by atoms with Gasteiger partial charge in [-0.05, 0) is 38.8 Å². The van der Waals surface area contributed by atoms with E-state index in [2.05, 4.69) is 18.4 Å². The molecule has 102 valence electrons. The van der Waals surface area contributed by atoms with Crippen molar-refractivity contribution in [2.24, 2.45) is 5.84 Å². The highest BCUT2D eigenvalue weighted by Gasteiger charge is 2.12. The van der Waals surface area contributed by atoms with Crippen LogP contribution in [0.1, 0.15) is 25.0 Å². The Kier molecular flexibility index (Phi) is 6.12. The molecule has 18 heavy (non-hydrogen) atoms. The van der Waals surface area contributed by atoms with Crippen LogP contribution < -0.4 is 16.0 Å². The molecule has 1 atom stereocenters. The number of ether oxygens (including phenoxy) is 2. The molecule has 0 saturated heterocycles. The van der Waals surface area contributed by atoms with Crippen molar-refractivity contribution in [1.82, 2.24) is 5.43 Å². The van der Waals surface area contributed by atoms with Crippen molar-refractivity contribution in [3.8, 4) is 5.75 Å². The first-order valence-electron chi connectivity index (χ1n) is 6.28. The largest absolute Gasteiger partial charge is 0.496 e. The Balaban J connectivity index is 2.71. The molecular formula is C14H24N2O2. The standard InChI is InChI=1S/C14H24N2O2/c1-10(2)18-9-13(16-15)8-12-7-11(3)5-6-14(12)17-4/h5-7,10,13,16H,8-9,15H2,1-4H3. The molecule has 1 aromatic carbocycles. The Morgan fingerprint density at radius 1 is 1.33 bits per heavy atom. The summed E-state index contributed by atoms with van der Waals surface area (Å²) in [6.07, 6.45) is 0.994. The van der Waals surface area contributed by atoms with Crippen molar-refractivity contribution in [3.63, 3.8) is 0 Å². The maximum atomic E-state index is 5.59. The van der Waals surface area contributed by atoms with Crippen molar-refractivity contribution < 1.29 is 9.47 Å². The highest BCUT2D eigenvalue weighted by Crippen LogP contribution is 2.21. The van der Waals surface area contributed by atoms with Crippen LogP contribution in [0.4, 0.5) is 0 Å². The number of aryl methyl sites for hydroxylation is 1. The fourth-order valence-electron chi connectivity index (χ4n) is 1.81. The Hall–Kier alpha value is -1.10. The number of hydrogen-bond donors (Lipinski definition) is 2. The van der Waals surface area contributed by atoms with Gasteiger partial charge in [-0.1, -0.05) is 17.7 Å². The second-order valence-electron chi connectivity index (χ2n) is 4.77. The molecule has 0 radical (unpaired) electrons. The van der Waals surface area contributed by atoms with Crippen molar-refractivity contribution in [2.45, 2.75) is 39.3 Å². The molecule has 1 rings (SSSR count). The molecule has 4 nitrogen and oxygen atoms in total. The second-order valence-corrected chi connectivity index (χ2v) is 4.77. The molecule has 1 unspecified atom stereocenters. The molecule has 0 aliphatic carbocycles. The van der Waals surface area contributed by atoms with Crippen LogP contribution in [0.2, 0.25) is 0 Å². The minimum atomic E-state index is 0.0862. The number of hydrazine groups is 1. The molecule has 0 saturated carbocycles. The van der Waals surface area contributed by atoms with Gasteiger partial charge < -0.3 is 9.47 Å². The van der Waals surface area contributed by atoms with E-state index in [-0.39, 0.29) is 12.1 Å². The van der Waals surface area contributed by atoms with E-state index in [4.69, 9.17) is 15.3 Å². The van der Waals surface area contributed by atoms with Crippen LogP contribution in [0.25, 0.3) is 0 Å². The molecule has 1 aromatic rings. The fourth-order valence-corrected chi connectivity index (χ4v) is 1.81. The summed E-state index contributed by atoms with van der Waals surface area (Å²) in [5, 5.41) is 0. The van der Waals surface area contributed by atoms with Crippen molar-refractivity contribution in [1.29, 1.82) is 0 Å². The van der Waals surface area contributed by atoms with Gasteiger partial charge in [-0.15, -0.1) is 0 Å². The zero-order chi connectivity index (χ0) is 13.5. The third kappa shape index (κ3) is 4.64. The molecule has 0 aliphatic heterocycles. The van der Waals surface area contributed by atoms with E-state index >= 15 is 0 Å². The predicted octanol–water partition coefficient (Wildman–Crippen LogP) is 1.80. The molecule has 3 N–H and O–H groups in total. The van der Waals surface area contributed by atoms with Crippen LogP contribution >= 0.6 is 0 Å². The maximum absolute atomic E-state index is 5.59. The van der Waals surface area contributed by atoms with Gasteiger partial charge in [0.25, 0.3) is 0 Å².